The summed E-state index contributed by atoms with van der Waals surface area (Å²) in [4.78, 5) is 0. The number of rotatable bonds is 10. The average molecular weight is 364 g/mol. The Morgan fingerprint density at radius 3 is 2.00 bits per heavy atom. The zero-order valence-electron chi connectivity index (χ0n) is 14.0. The summed E-state index contributed by atoms with van der Waals surface area (Å²) in [6.07, 6.45) is 4.60. The van der Waals surface area contributed by atoms with Crippen molar-refractivity contribution in [3.05, 3.63) is 38.0 Å². The van der Waals surface area contributed by atoms with Gasteiger partial charge < -0.3 is 13.6 Å². The van der Waals surface area contributed by atoms with Crippen LogP contribution >= 0.6 is 15.2 Å². The van der Waals surface area contributed by atoms with Crippen molar-refractivity contribution in [3.63, 3.8) is 0 Å². The Kier molecular flexibility index (Phi) is 6.80. The van der Waals surface area contributed by atoms with Crippen LogP contribution in [0.5, 0.6) is 0 Å². The van der Waals surface area contributed by atoms with E-state index in [1.165, 1.54) is 18.2 Å². The summed E-state index contributed by atoms with van der Waals surface area (Å²) in [7, 11) is -7.27. The predicted molar refractivity (Wildman–Crippen MR) is 91.8 cm³/mol. The molecule has 6 nitrogen and oxygen atoms in total. The molecule has 23 heavy (non-hydrogen) atoms. The van der Waals surface area contributed by atoms with Gasteiger partial charge in [-0.15, -0.1) is 19.7 Å². The Labute approximate surface area is 138 Å². The molecular weight excluding hydrogens is 338 g/mol. The van der Waals surface area contributed by atoms with E-state index in [2.05, 4.69) is 19.7 Å². The van der Waals surface area contributed by atoms with Crippen LogP contribution in [0.4, 0.5) is 0 Å². The van der Waals surface area contributed by atoms with Gasteiger partial charge in [0.05, 0.1) is 25.0 Å². The van der Waals surface area contributed by atoms with E-state index in [9.17, 15) is 9.13 Å². The molecular formula is C15H26O6P2. The van der Waals surface area contributed by atoms with Crippen LogP contribution in [0.1, 0.15) is 27.2 Å². The molecule has 0 radical (unpaired) electrons. The van der Waals surface area contributed by atoms with Gasteiger partial charge in [0.1, 0.15) is 0 Å². The predicted octanol–water partition coefficient (Wildman–Crippen LogP) is 4.90. The van der Waals surface area contributed by atoms with Crippen molar-refractivity contribution in [3.8, 4) is 0 Å². The van der Waals surface area contributed by atoms with Crippen LogP contribution in [0.15, 0.2) is 38.0 Å². The van der Waals surface area contributed by atoms with Gasteiger partial charge in [0.25, 0.3) is 0 Å². The van der Waals surface area contributed by atoms with Gasteiger partial charge in [0, 0.05) is 6.42 Å². The lowest BCUT2D eigenvalue weighted by Crippen LogP contribution is -2.28. The monoisotopic (exact) mass is 364 g/mol. The third-order valence-corrected chi connectivity index (χ3v) is 8.79. The molecule has 1 saturated heterocycles. The van der Waals surface area contributed by atoms with E-state index >= 15 is 0 Å². The smallest absolute Gasteiger partial charge is 0.304 e. The summed E-state index contributed by atoms with van der Waals surface area (Å²) >= 11 is 0. The van der Waals surface area contributed by atoms with Gasteiger partial charge in [-0.1, -0.05) is 18.2 Å². The minimum absolute atomic E-state index is 0.0195. The molecule has 0 bridgehead atoms. The van der Waals surface area contributed by atoms with Crippen molar-refractivity contribution in [2.45, 2.75) is 37.7 Å². The van der Waals surface area contributed by atoms with Crippen LogP contribution in [0.25, 0.3) is 0 Å². The summed E-state index contributed by atoms with van der Waals surface area (Å²) in [6, 6.07) is 0. The van der Waals surface area contributed by atoms with Crippen molar-refractivity contribution in [1.82, 2.24) is 0 Å². The maximum absolute atomic E-state index is 13.2. The highest BCUT2D eigenvalue weighted by Gasteiger charge is 2.66. The largest absolute Gasteiger partial charge is 0.363 e. The lowest BCUT2D eigenvalue weighted by molar-refractivity contribution is 0.106. The zero-order chi connectivity index (χ0) is 17.8. The van der Waals surface area contributed by atoms with E-state index < -0.39 is 25.7 Å². The second kappa shape index (κ2) is 7.60. The molecule has 0 aromatic rings. The molecule has 2 atom stereocenters. The minimum atomic E-state index is -3.75. The number of hydrogen-bond donors (Lipinski definition) is 0. The molecule has 0 aromatic carbocycles. The van der Waals surface area contributed by atoms with E-state index in [4.69, 9.17) is 18.1 Å². The molecule has 0 aromatic heterocycles. The Balaban J connectivity index is 3.18. The van der Waals surface area contributed by atoms with Gasteiger partial charge in [-0.25, -0.2) is 0 Å². The first-order chi connectivity index (χ1) is 10.6. The average Bonchev–Trinajstić information content (AvgIpc) is 2.67. The summed E-state index contributed by atoms with van der Waals surface area (Å²) in [6.45, 7) is 15.8. The van der Waals surface area contributed by atoms with Crippen LogP contribution in [0, 0.1) is 0 Å². The SMILES string of the molecule is C=CCOP1(=O)OC(C)(P(=O)(OCC=C)OCC=C)CC1(C)C. The summed E-state index contributed by atoms with van der Waals surface area (Å²) in [5, 5.41) is -2.23. The Bertz CT molecular complexity index is 540. The van der Waals surface area contributed by atoms with Crippen LogP contribution in [-0.4, -0.2) is 30.3 Å². The minimum Gasteiger partial charge on any atom is -0.304 e. The highest BCUT2D eigenvalue weighted by atomic mass is 31.2. The van der Waals surface area contributed by atoms with E-state index in [0.29, 0.717) is 0 Å². The highest BCUT2D eigenvalue weighted by Crippen LogP contribution is 2.78. The van der Waals surface area contributed by atoms with E-state index in [1.54, 1.807) is 20.8 Å². The lowest BCUT2D eigenvalue weighted by atomic mass is 10.1. The third kappa shape index (κ3) is 4.14. The van der Waals surface area contributed by atoms with Crippen LogP contribution < -0.4 is 0 Å². The fourth-order valence-corrected chi connectivity index (χ4v) is 7.11. The van der Waals surface area contributed by atoms with Gasteiger partial charge in [0.15, 0.2) is 5.34 Å². The summed E-state index contributed by atoms with van der Waals surface area (Å²) < 4.78 is 48.2. The fraction of sp³-hybridized carbons (Fsp3) is 0.600. The molecule has 2 unspecified atom stereocenters. The second-order valence-electron chi connectivity index (χ2n) is 6.00. The first kappa shape index (κ1) is 20.6. The molecule has 1 aliphatic heterocycles. The quantitative estimate of drug-likeness (QED) is 0.406. The molecule has 1 fully saturated rings. The van der Waals surface area contributed by atoms with Crippen molar-refractivity contribution in [2.24, 2.45) is 0 Å². The van der Waals surface area contributed by atoms with Crippen molar-refractivity contribution in [2.75, 3.05) is 19.8 Å². The Hall–Kier alpha value is -0.480. The topological polar surface area (TPSA) is 71.1 Å². The second-order valence-corrected chi connectivity index (χ2v) is 11.1. The highest BCUT2D eigenvalue weighted by molar-refractivity contribution is 7.60. The molecule has 1 aliphatic rings. The third-order valence-electron chi connectivity index (χ3n) is 3.49. The normalized spacial score (nSPS) is 30.0. The molecule has 0 amide bonds. The van der Waals surface area contributed by atoms with Gasteiger partial charge in [-0.2, -0.15) is 0 Å². The van der Waals surface area contributed by atoms with Crippen LogP contribution in [0.3, 0.4) is 0 Å². The molecule has 132 valence electrons. The summed E-state index contributed by atoms with van der Waals surface area (Å²) in [5.74, 6) is 0. The standard InChI is InChI=1S/C15H26O6P2/c1-7-10-18-22(16)14(4,5)13-15(6,21-22)23(17,19-11-8-2)20-12-9-3/h7-9H,1-3,10-13H2,4-6H3. The maximum atomic E-state index is 13.2. The fourth-order valence-electron chi connectivity index (χ4n) is 2.43. The van der Waals surface area contributed by atoms with Crippen LogP contribution in [-0.2, 0) is 27.2 Å². The summed E-state index contributed by atoms with van der Waals surface area (Å²) in [5.41, 5.74) is 0. The van der Waals surface area contributed by atoms with E-state index in [0.717, 1.165) is 0 Å². The molecule has 0 N–H and O–H groups in total. The van der Waals surface area contributed by atoms with Gasteiger partial charge in [-0.05, 0) is 20.8 Å². The van der Waals surface area contributed by atoms with Gasteiger partial charge in [0.2, 0.25) is 0 Å². The van der Waals surface area contributed by atoms with Crippen molar-refractivity contribution in [1.29, 1.82) is 0 Å². The molecule has 8 heteroatoms. The van der Waals surface area contributed by atoms with Crippen LogP contribution in [0.2, 0.25) is 0 Å². The zero-order valence-corrected chi connectivity index (χ0v) is 15.8. The number of hydrogen-bond acceptors (Lipinski definition) is 6. The van der Waals surface area contributed by atoms with Gasteiger partial charge in [-0.3, -0.25) is 13.7 Å². The molecule has 1 rings (SSSR count). The molecule has 0 aliphatic carbocycles. The molecule has 0 saturated carbocycles. The van der Waals surface area contributed by atoms with Gasteiger partial charge >= 0.3 is 15.2 Å². The molecule has 1 heterocycles. The maximum Gasteiger partial charge on any atom is 0.363 e. The molecule has 0 spiro atoms. The van der Waals surface area contributed by atoms with E-state index in [1.807, 2.05) is 0 Å². The van der Waals surface area contributed by atoms with Crippen molar-refractivity contribution < 1.29 is 27.2 Å². The lowest BCUT2D eigenvalue weighted by Gasteiger charge is -2.31. The first-order valence-corrected chi connectivity index (χ1v) is 10.4. The van der Waals surface area contributed by atoms with Crippen molar-refractivity contribution >= 4 is 15.2 Å². The first-order valence-electron chi connectivity index (χ1n) is 7.27. The Morgan fingerprint density at radius 2 is 1.57 bits per heavy atom. The van der Waals surface area contributed by atoms with E-state index in [-0.39, 0.29) is 26.2 Å². The Morgan fingerprint density at radius 1 is 1.09 bits per heavy atom.